The molecule has 2 N–H and O–H groups in total. The Morgan fingerprint density at radius 3 is 2.60 bits per heavy atom. The van der Waals surface area contributed by atoms with E-state index in [9.17, 15) is 19.8 Å². The largest absolute Gasteiger partial charge is 0.395 e. The highest BCUT2D eigenvalue weighted by Gasteiger charge is 2.52. The fraction of sp³-hybridized carbons (Fsp3) is 0.229. The molecule has 45 heavy (non-hydrogen) atoms. The molecule has 0 spiro atoms. The third-order valence-electron chi connectivity index (χ3n) is 8.41. The predicted octanol–water partition coefficient (Wildman–Crippen LogP) is 4.10. The molecular weight excluding hydrogens is 568 g/mol. The summed E-state index contributed by atoms with van der Waals surface area (Å²) in [5.74, 6) is -1.32. The number of aryl methyl sites for hydroxylation is 1. The zero-order valence-electron chi connectivity index (χ0n) is 24.9. The zero-order chi connectivity index (χ0) is 31.6. The third kappa shape index (κ3) is 5.39. The van der Waals surface area contributed by atoms with E-state index in [0.29, 0.717) is 41.0 Å². The summed E-state index contributed by atoms with van der Waals surface area (Å²) in [4.78, 5) is 28.5. The maximum Gasteiger partial charge on any atom is 0.279 e. The van der Waals surface area contributed by atoms with Crippen molar-refractivity contribution in [3.05, 3.63) is 137 Å². The number of aliphatic hydroxyl groups is 2. The van der Waals surface area contributed by atoms with E-state index in [0.717, 1.165) is 10.9 Å². The van der Waals surface area contributed by atoms with Gasteiger partial charge in [0.05, 0.1) is 41.2 Å². The first-order valence-electron chi connectivity index (χ1n) is 14.9. The van der Waals surface area contributed by atoms with E-state index < -0.39 is 17.4 Å². The summed E-state index contributed by atoms with van der Waals surface area (Å²) in [5.41, 5.74) is 0.908. The lowest BCUT2D eigenvalue weighted by Crippen LogP contribution is -2.44. The molecule has 0 radical (unpaired) electrons. The summed E-state index contributed by atoms with van der Waals surface area (Å²) in [6.45, 7) is 6.25. The van der Waals surface area contributed by atoms with Gasteiger partial charge in [0.1, 0.15) is 0 Å². The molecule has 0 saturated heterocycles. The molecule has 10 heteroatoms. The highest BCUT2D eigenvalue weighted by atomic mass is 16.3. The van der Waals surface area contributed by atoms with Crippen LogP contribution in [-0.4, -0.2) is 54.0 Å². The Kier molecular flexibility index (Phi) is 8.25. The molecule has 0 fully saturated rings. The second-order valence-corrected chi connectivity index (χ2v) is 11.2. The van der Waals surface area contributed by atoms with Crippen LogP contribution in [0.4, 0.5) is 5.69 Å². The number of fused-ring (bicyclic) bond motifs is 2. The monoisotopic (exact) mass is 602 g/mol. The van der Waals surface area contributed by atoms with Crippen LogP contribution < -0.4 is 10.5 Å². The molecule has 1 unspecified atom stereocenters. The van der Waals surface area contributed by atoms with Crippen molar-refractivity contribution in [2.45, 2.75) is 31.4 Å². The summed E-state index contributed by atoms with van der Waals surface area (Å²) >= 11 is 0. The van der Waals surface area contributed by atoms with E-state index in [4.69, 9.17) is 0 Å². The number of allylic oxidation sites excluding steroid dienone is 1. The Morgan fingerprint density at radius 2 is 1.82 bits per heavy atom. The number of rotatable bonds is 11. The zero-order valence-corrected chi connectivity index (χ0v) is 24.9. The van der Waals surface area contributed by atoms with Gasteiger partial charge < -0.3 is 15.1 Å². The Morgan fingerprint density at radius 1 is 1.04 bits per heavy atom. The Bertz CT molecular complexity index is 1950. The number of carbonyl (C=O) groups is 1. The van der Waals surface area contributed by atoms with Gasteiger partial charge in [-0.3, -0.25) is 14.3 Å². The van der Waals surface area contributed by atoms with Crippen molar-refractivity contribution in [2.24, 2.45) is 5.92 Å². The molecule has 228 valence electrons. The van der Waals surface area contributed by atoms with E-state index in [1.54, 1.807) is 54.2 Å². The van der Waals surface area contributed by atoms with E-state index in [2.05, 4.69) is 22.0 Å². The molecule has 1 aliphatic rings. The third-order valence-corrected chi connectivity index (χ3v) is 8.41. The first-order chi connectivity index (χ1) is 21.9. The van der Waals surface area contributed by atoms with E-state index in [1.807, 2.05) is 60.8 Å². The number of aromatic nitrogens is 5. The molecule has 0 saturated carbocycles. The van der Waals surface area contributed by atoms with Crippen molar-refractivity contribution in [1.29, 1.82) is 0 Å². The molecule has 5 aromatic rings. The smallest absolute Gasteiger partial charge is 0.279 e. The molecule has 10 nitrogen and oxygen atoms in total. The fourth-order valence-electron chi connectivity index (χ4n) is 5.94. The standard InChI is InChI=1S/C35H34N6O4/c1-3-18-40-32-17-16-27(41-33(43)28-15-8-7-14-26(28)21-36-41)20-30(32)35(45,34(40)44)24(2)11-9-10-19-39-22-31(37-38-39)29(23-42)25-12-5-4-6-13-25/h3-9,11-17,20-22,24,29,42,45H,1,10,18-19,23H2,2H3/b11-9+/t24-,29?,35+/m0/s1. The van der Waals surface area contributed by atoms with Gasteiger partial charge in [0.15, 0.2) is 5.60 Å². The predicted molar refractivity (Wildman–Crippen MR) is 172 cm³/mol. The minimum Gasteiger partial charge on any atom is -0.395 e. The number of anilines is 1. The van der Waals surface area contributed by atoms with E-state index >= 15 is 0 Å². The normalized spacial score (nSPS) is 17.6. The van der Waals surface area contributed by atoms with Gasteiger partial charge in [0.25, 0.3) is 11.5 Å². The average Bonchev–Trinajstić information content (AvgIpc) is 3.61. The number of carbonyl (C=O) groups excluding carboxylic acids is 1. The summed E-state index contributed by atoms with van der Waals surface area (Å²) in [5, 5.41) is 36.1. The number of benzene rings is 3. The van der Waals surface area contributed by atoms with Crippen molar-refractivity contribution in [1.82, 2.24) is 24.8 Å². The van der Waals surface area contributed by atoms with Crippen molar-refractivity contribution in [3.8, 4) is 5.69 Å². The number of nitrogens with zero attached hydrogens (tertiary/aromatic N) is 6. The lowest BCUT2D eigenvalue weighted by atomic mass is 9.82. The van der Waals surface area contributed by atoms with Crippen LogP contribution in [0.2, 0.25) is 0 Å². The lowest BCUT2D eigenvalue weighted by Gasteiger charge is -2.27. The van der Waals surface area contributed by atoms with Gasteiger partial charge in [0.2, 0.25) is 0 Å². The molecule has 1 amide bonds. The molecule has 6 rings (SSSR count). The lowest BCUT2D eigenvalue weighted by molar-refractivity contribution is -0.139. The summed E-state index contributed by atoms with van der Waals surface area (Å²) in [7, 11) is 0. The van der Waals surface area contributed by atoms with Gasteiger partial charge in [-0.1, -0.05) is 78.9 Å². The molecule has 2 aromatic heterocycles. The SMILES string of the molecule is C=CCN1C(=O)[C@@](O)([C@@H](C)/C=C/CCn2cc(C(CO)c3ccccc3)nn2)c2cc(-n3ncc4ccccc4c3=O)ccc21. The van der Waals surface area contributed by atoms with Crippen molar-refractivity contribution < 1.29 is 15.0 Å². The number of aliphatic hydroxyl groups excluding tert-OH is 1. The number of amides is 1. The van der Waals surface area contributed by atoms with Crippen molar-refractivity contribution in [3.63, 3.8) is 0 Å². The van der Waals surface area contributed by atoms with Crippen LogP contribution in [0.25, 0.3) is 16.5 Å². The average molecular weight is 603 g/mol. The molecule has 3 heterocycles. The highest BCUT2D eigenvalue weighted by Crippen LogP contribution is 2.46. The maximum absolute atomic E-state index is 13.7. The Balaban J connectivity index is 1.23. The van der Waals surface area contributed by atoms with Gasteiger partial charge in [-0.2, -0.15) is 9.78 Å². The fourth-order valence-corrected chi connectivity index (χ4v) is 5.94. The van der Waals surface area contributed by atoms with Crippen LogP contribution in [0, 0.1) is 5.92 Å². The molecule has 1 aliphatic heterocycles. The minimum atomic E-state index is -1.87. The van der Waals surface area contributed by atoms with Crippen LogP contribution in [0.3, 0.4) is 0 Å². The molecule has 0 bridgehead atoms. The van der Waals surface area contributed by atoms with Gasteiger partial charge in [-0.05, 0) is 36.2 Å². The molecule has 3 atom stereocenters. The summed E-state index contributed by atoms with van der Waals surface area (Å²) < 4.78 is 3.00. The van der Waals surface area contributed by atoms with Gasteiger partial charge in [-0.25, -0.2) is 0 Å². The van der Waals surface area contributed by atoms with Gasteiger partial charge in [0, 0.05) is 36.2 Å². The first-order valence-corrected chi connectivity index (χ1v) is 14.9. The Hall–Kier alpha value is -5.19. The van der Waals surface area contributed by atoms with Crippen LogP contribution >= 0.6 is 0 Å². The number of hydrogen-bond donors (Lipinski definition) is 2. The van der Waals surface area contributed by atoms with Crippen LogP contribution in [0.15, 0.2) is 115 Å². The van der Waals surface area contributed by atoms with Crippen LogP contribution in [0.1, 0.15) is 36.1 Å². The summed E-state index contributed by atoms with van der Waals surface area (Å²) in [6.07, 6.45) is 9.37. The quantitative estimate of drug-likeness (QED) is 0.218. The second-order valence-electron chi connectivity index (χ2n) is 11.2. The van der Waals surface area contributed by atoms with Gasteiger partial charge >= 0.3 is 0 Å². The van der Waals surface area contributed by atoms with Crippen LogP contribution in [-0.2, 0) is 16.9 Å². The Labute approximate surface area is 260 Å². The minimum absolute atomic E-state index is 0.0790. The van der Waals surface area contributed by atoms with Crippen LogP contribution in [0.5, 0.6) is 0 Å². The van der Waals surface area contributed by atoms with E-state index in [1.165, 1.54) is 9.58 Å². The van der Waals surface area contributed by atoms with Gasteiger partial charge in [-0.15, -0.1) is 11.7 Å². The highest BCUT2D eigenvalue weighted by molar-refractivity contribution is 6.07. The first kappa shape index (κ1) is 29.9. The number of hydrogen-bond acceptors (Lipinski definition) is 7. The molecule has 3 aromatic carbocycles. The second kappa shape index (κ2) is 12.4. The summed E-state index contributed by atoms with van der Waals surface area (Å²) in [6, 6.07) is 22.0. The molecule has 0 aliphatic carbocycles. The van der Waals surface area contributed by atoms with E-state index in [-0.39, 0.29) is 24.6 Å². The molecular formula is C35H34N6O4. The van der Waals surface area contributed by atoms with Crippen molar-refractivity contribution in [2.75, 3.05) is 18.1 Å². The maximum atomic E-state index is 13.7. The topological polar surface area (TPSA) is 126 Å². The van der Waals surface area contributed by atoms with Crippen molar-refractivity contribution >= 4 is 22.4 Å².